The molecule has 0 aliphatic carbocycles. The Morgan fingerprint density at radius 3 is 2.52 bits per heavy atom. The Balaban J connectivity index is 1.83. The molecular weight excluding hydrogens is 342 g/mol. The number of ether oxygens (including phenoxy) is 1. The molecule has 1 aromatic heterocycles. The molecule has 6 heteroatoms. The van der Waals surface area contributed by atoms with E-state index in [9.17, 15) is 9.59 Å². The monoisotopic (exact) mass is 365 g/mol. The fraction of sp³-hybridized carbons (Fsp3) is 0.286. The average Bonchev–Trinajstić information content (AvgIpc) is 2.68. The van der Waals surface area contributed by atoms with Crippen molar-refractivity contribution in [1.82, 2.24) is 14.9 Å². The molecule has 0 aliphatic rings. The van der Waals surface area contributed by atoms with Crippen molar-refractivity contribution in [2.75, 3.05) is 7.11 Å². The number of amides is 1. The van der Waals surface area contributed by atoms with Crippen LogP contribution in [0.2, 0.25) is 0 Å². The number of hydrogen-bond acceptors (Lipinski definition) is 4. The van der Waals surface area contributed by atoms with Crippen molar-refractivity contribution in [2.24, 2.45) is 5.92 Å². The zero-order chi connectivity index (χ0) is 19.4. The van der Waals surface area contributed by atoms with Crippen molar-refractivity contribution in [2.45, 2.75) is 26.4 Å². The van der Waals surface area contributed by atoms with E-state index in [1.165, 1.54) is 10.8 Å². The molecule has 3 rings (SSSR count). The summed E-state index contributed by atoms with van der Waals surface area (Å²) in [5.41, 5.74) is 2.02. The first kappa shape index (κ1) is 18.6. The number of rotatable bonds is 6. The van der Waals surface area contributed by atoms with Gasteiger partial charge in [0.2, 0.25) is 5.91 Å². The topological polar surface area (TPSA) is 73.2 Å². The maximum atomic E-state index is 12.7. The van der Waals surface area contributed by atoms with Crippen LogP contribution >= 0.6 is 0 Å². The molecule has 0 aliphatic heterocycles. The Morgan fingerprint density at radius 2 is 1.85 bits per heavy atom. The quantitative estimate of drug-likeness (QED) is 0.729. The summed E-state index contributed by atoms with van der Waals surface area (Å²) in [4.78, 5) is 29.1. The summed E-state index contributed by atoms with van der Waals surface area (Å²) in [5.74, 6) is 0.735. The molecule has 27 heavy (non-hydrogen) atoms. The van der Waals surface area contributed by atoms with E-state index in [2.05, 4.69) is 10.3 Å². The van der Waals surface area contributed by atoms with E-state index in [1.807, 2.05) is 56.3 Å². The predicted octanol–water partition coefficient (Wildman–Crippen LogP) is 2.92. The van der Waals surface area contributed by atoms with Crippen molar-refractivity contribution in [3.8, 4) is 5.75 Å². The Kier molecular flexibility index (Phi) is 5.54. The molecular formula is C21H23N3O3. The van der Waals surface area contributed by atoms with Gasteiger partial charge in [0.1, 0.15) is 12.3 Å². The zero-order valence-corrected chi connectivity index (χ0v) is 15.7. The molecule has 1 atom stereocenters. The van der Waals surface area contributed by atoms with Crippen molar-refractivity contribution >= 4 is 16.9 Å². The fourth-order valence-corrected chi connectivity index (χ4v) is 3.09. The molecule has 0 spiro atoms. The van der Waals surface area contributed by atoms with E-state index in [0.717, 1.165) is 11.3 Å². The number of nitrogens with zero attached hydrogens (tertiary/aromatic N) is 2. The van der Waals surface area contributed by atoms with E-state index in [-0.39, 0.29) is 30.0 Å². The van der Waals surface area contributed by atoms with Gasteiger partial charge in [-0.2, -0.15) is 0 Å². The fourth-order valence-electron chi connectivity index (χ4n) is 3.09. The van der Waals surface area contributed by atoms with Gasteiger partial charge in [0.05, 0.1) is 30.4 Å². The minimum absolute atomic E-state index is 0.0543. The van der Waals surface area contributed by atoms with Gasteiger partial charge in [-0.05, 0) is 35.7 Å². The summed E-state index contributed by atoms with van der Waals surface area (Å²) in [6.07, 6.45) is 1.25. The summed E-state index contributed by atoms with van der Waals surface area (Å²) in [6.45, 7) is 4.04. The summed E-state index contributed by atoms with van der Waals surface area (Å²) in [7, 11) is 1.62. The third kappa shape index (κ3) is 4.16. The second kappa shape index (κ2) is 8.03. The Morgan fingerprint density at radius 1 is 1.15 bits per heavy atom. The van der Waals surface area contributed by atoms with Crippen LogP contribution in [0.15, 0.2) is 59.5 Å². The number of carbonyl (C=O) groups is 1. The van der Waals surface area contributed by atoms with Crippen LogP contribution in [0.25, 0.3) is 11.0 Å². The molecule has 0 saturated carbocycles. The Hall–Kier alpha value is -3.15. The molecule has 1 amide bonds. The lowest BCUT2D eigenvalue weighted by Crippen LogP contribution is -2.36. The number of fused-ring (bicyclic) bond motifs is 1. The van der Waals surface area contributed by atoms with E-state index >= 15 is 0 Å². The van der Waals surface area contributed by atoms with Gasteiger partial charge in [0.15, 0.2) is 0 Å². The lowest BCUT2D eigenvalue weighted by atomic mass is 9.96. The number of aromatic nitrogens is 2. The smallest absolute Gasteiger partial charge is 0.269 e. The predicted molar refractivity (Wildman–Crippen MR) is 105 cm³/mol. The minimum atomic E-state index is -0.297. The number of nitrogens with one attached hydrogen (secondary N) is 1. The largest absolute Gasteiger partial charge is 0.497 e. The maximum absolute atomic E-state index is 12.7. The molecule has 0 saturated heterocycles. The normalized spacial score (nSPS) is 12.1. The van der Waals surface area contributed by atoms with Crippen LogP contribution in [0.5, 0.6) is 5.75 Å². The number of carbonyl (C=O) groups excluding carboxylic acids is 1. The molecule has 1 heterocycles. The molecule has 0 fully saturated rings. The SMILES string of the molecule is COc1ccc(C(NC(=O)Cn2c(=O)cnc3ccccc32)C(C)C)cc1. The van der Waals surface area contributed by atoms with Gasteiger partial charge in [0, 0.05) is 0 Å². The Labute approximate surface area is 157 Å². The van der Waals surface area contributed by atoms with Crippen molar-refractivity contribution in [3.05, 3.63) is 70.6 Å². The van der Waals surface area contributed by atoms with Crippen LogP contribution in [-0.4, -0.2) is 22.6 Å². The lowest BCUT2D eigenvalue weighted by molar-refractivity contribution is -0.122. The van der Waals surface area contributed by atoms with Crippen LogP contribution in [-0.2, 0) is 11.3 Å². The third-order valence-corrected chi connectivity index (χ3v) is 4.51. The van der Waals surface area contributed by atoms with Crippen LogP contribution in [0.3, 0.4) is 0 Å². The highest BCUT2D eigenvalue weighted by atomic mass is 16.5. The lowest BCUT2D eigenvalue weighted by Gasteiger charge is -2.23. The van der Waals surface area contributed by atoms with Crippen LogP contribution < -0.4 is 15.6 Å². The molecule has 1 unspecified atom stereocenters. The number of methoxy groups -OCH3 is 1. The molecule has 0 bridgehead atoms. The van der Waals surface area contributed by atoms with Crippen molar-refractivity contribution in [3.63, 3.8) is 0 Å². The van der Waals surface area contributed by atoms with Gasteiger partial charge in [-0.1, -0.05) is 38.1 Å². The van der Waals surface area contributed by atoms with E-state index in [4.69, 9.17) is 4.74 Å². The first-order chi connectivity index (χ1) is 13.0. The van der Waals surface area contributed by atoms with Gasteiger partial charge in [-0.3, -0.25) is 14.2 Å². The molecule has 140 valence electrons. The molecule has 3 aromatic rings. The highest BCUT2D eigenvalue weighted by Gasteiger charge is 2.19. The standard InChI is InChI=1S/C21H23N3O3/c1-14(2)21(15-8-10-16(27-3)11-9-15)23-19(25)13-24-18-7-5-4-6-17(18)22-12-20(24)26/h4-12,14,21H,13H2,1-3H3,(H,23,25). The number of hydrogen-bond donors (Lipinski definition) is 1. The van der Waals surface area contributed by atoms with Crippen LogP contribution in [0.1, 0.15) is 25.5 Å². The maximum Gasteiger partial charge on any atom is 0.269 e. The Bertz CT molecular complexity index is 993. The second-order valence-corrected chi connectivity index (χ2v) is 6.73. The van der Waals surface area contributed by atoms with Gasteiger partial charge >= 0.3 is 0 Å². The van der Waals surface area contributed by atoms with Gasteiger partial charge in [-0.25, -0.2) is 4.98 Å². The minimum Gasteiger partial charge on any atom is -0.497 e. The number of para-hydroxylation sites is 2. The molecule has 1 N–H and O–H groups in total. The van der Waals surface area contributed by atoms with Gasteiger partial charge in [0.25, 0.3) is 5.56 Å². The highest BCUT2D eigenvalue weighted by molar-refractivity contribution is 5.80. The van der Waals surface area contributed by atoms with E-state index in [1.54, 1.807) is 13.2 Å². The van der Waals surface area contributed by atoms with E-state index < -0.39 is 0 Å². The van der Waals surface area contributed by atoms with E-state index in [0.29, 0.717) is 11.0 Å². The summed E-state index contributed by atoms with van der Waals surface area (Å²) in [6, 6.07) is 14.8. The molecule has 0 radical (unpaired) electrons. The molecule has 2 aromatic carbocycles. The first-order valence-electron chi connectivity index (χ1n) is 8.87. The van der Waals surface area contributed by atoms with Crippen LogP contribution in [0.4, 0.5) is 0 Å². The summed E-state index contributed by atoms with van der Waals surface area (Å²) >= 11 is 0. The van der Waals surface area contributed by atoms with Crippen molar-refractivity contribution < 1.29 is 9.53 Å². The van der Waals surface area contributed by atoms with Gasteiger partial charge in [-0.15, -0.1) is 0 Å². The summed E-state index contributed by atoms with van der Waals surface area (Å²) < 4.78 is 6.64. The molecule has 6 nitrogen and oxygen atoms in total. The van der Waals surface area contributed by atoms with Gasteiger partial charge < -0.3 is 10.1 Å². The van der Waals surface area contributed by atoms with Crippen LogP contribution in [0, 0.1) is 5.92 Å². The third-order valence-electron chi connectivity index (χ3n) is 4.51. The highest BCUT2D eigenvalue weighted by Crippen LogP contribution is 2.24. The average molecular weight is 365 g/mol. The zero-order valence-electron chi connectivity index (χ0n) is 15.7. The summed E-state index contributed by atoms with van der Waals surface area (Å²) in [5, 5.41) is 3.05. The second-order valence-electron chi connectivity index (χ2n) is 6.73. The first-order valence-corrected chi connectivity index (χ1v) is 8.87. The number of benzene rings is 2. The van der Waals surface area contributed by atoms with Crippen molar-refractivity contribution in [1.29, 1.82) is 0 Å².